The molecule has 0 unspecified atom stereocenters. The Labute approximate surface area is 333 Å². The quantitative estimate of drug-likeness (QED) is 0.0589. The first-order valence-electron chi connectivity index (χ1n) is 18.9. The molecule has 3 aromatic carbocycles. The minimum absolute atomic E-state index is 0.0255. The van der Waals surface area contributed by atoms with Crippen LogP contribution in [0.2, 0.25) is 0 Å². The summed E-state index contributed by atoms with van der Waals surface area (Å²) in [5, 5.41) is 9.00. The summed E-state index contributed by atoms with van der Waals surface area (Å²) in [5.41, 5.74) is 6.13. The molecule has 1 aromatic heterocycles. The molecule has 3 N–H and O–H groups in total. The molecule has 1 aliphatic rings. The van der Waals surface area contributed by atoms with Crippen LogP contribution < -0.4 is 10.6 Å². The zero-order valence-electron chi connectivity index (χ0n) is 32.5. The number of para-hydroxylation sites is 1. The molecular weight excluding hydrogens is 755 g/mol. The monoisotopic (exact) mass is 805 g/mol. The van der Waals surface area contributed by atoms with Gasteiger partial charge < -0.3 is 34.2 Å². The van der Waals surface area contributed by atoms with Gasteiger partial charge in [0.05, 0.1) is 26.4 Å². The largest absolute Gasteiger partial charge is 0.447 e. The number of aryl methyl sites for hydroxylation is 1. The van der Waals surface area contributed by atoms with Gasteiger partial charge in [-0.2, -0.15) is 8.42 Å². The number of carbonyl (C=O) groups is 4. The molecule has 1 atom stereocenters. The molecule has 0 saturated heterocycles. The molecule has 1 aliphatic carbocycles. The summed E-state index contributed by atoms with van der Waals surface area (Å²) in [6.45, 7) is 3.24. The lowest BCUT2D eigenvalue weighted by Gasteiger charge is -2.28. The lowest BCUT2D eigenvalue weighted by Crippen LogP contribution is -2.51. The molecular formula is C41H51N5O10S. The second-order valence-electron chi connectivity index (χ2n) is 13.9. The number of amides is 3. The van der Waals surface area contributed by atoms with Gasteiger partial charge in [-0.15, -0.1) is 0 Å². The van der Waals surface area contributed by atoms with Gasteiger partial charge in [-0.3, -0.25) is 14.1 Å². The van der Waals surface area contributed by atoms with E-state index in [9.17, 15) is 32.1 Å². The van der Waals surface area contributed by atoms with Crippen molar-refractivity contribution in [3.05, 3.63) is 95.7 Å². The number of hydrazine groups is 1. The van der Waals surface area contributed by atoms with Crippen molar-refractivity contribution in [2.75, 3.05) is 59.4 Å². The van der Waals surface area contributed by atoms with Crippen molar-refractivity contribution >= 4 is 44.7 Å². The third-order valence-corrected chi connectivity index (χ3v) is 10.5. The first-order valence-corrected chi connectivity index (χ1v) is 20.5. The normalized spacial score (nSPS) is 12.9. The third-order valence-electron chi connectivity index (χ3n) is 9.73. The van der Waals surface area contributed by atoms with Crippen molar-refractivity contribution in [1.82, 2.24) is 25.2 Å². The van der Waals surface area contributed by atoms with Gasteiger partial charge in [0, 0.05) is 63.8 Å². The van der Waals surface area contributed by atoms with E-state index in [1.54, 1.807) is 19.1 Å². The van der Waals surface area contributed by atoms with E-state index in [2.05, 4.69) is 34.9 Å². The first-order chi connectivity index (χ1) is 27.3. The van der Waals surface area contributed by atoms with Crippen LogP contribution in [-0.4, -0.2) is 117 Å². The number of hydrogen-bond donors (Lipinski definition) is 3. The van der Waals surface area contributed by atoms with E-state index in [1.165, 1.54) is 11.9 Å². The van der Waals surface area contributed by atoms with E-state index in [0.717, 1.165) is 38.9 Å². The lowest BCUT2D eigenvalue weighted by molar-refractivity contribution is -0.128. The molecule has 0 saturated carbocycles. The van der Waals surface area contributed by atoms with Gasteiger partial charge in [0.1, 0.15) is 24.2 Å². The molecule has 0 fully saturated rings. The van der Waals surface area contributed by atoms with Gasteiger partial charge in [0.25, 0.3) is 10.1 Å². The van der Waals surface area contributed by atoms with Crippen molar-refractivity contribution in [2.24, 2.45) is 0 Å². The molecule has 15 nitrogen and oxygen atoms in total. The van der Waals surface area contributed by atoms with Crippen molar-refractivity contribution in [3.8, 4) is 11.1 Å². The number of nitrogens with zero attached hydrogens (tertiary/aromatic N) is 3. The molecule has 0 bridgehead atoms. The Kier molecular flexibility index (Phi) is 15.3. The fraction of sp³-hybridized carbons (Fsp3) is 0.415. The Morgan fingerprint density at radius 1 is 0.860 bits per heavy atom. The van der Waals surface area contributed by atoms with E-state index in [0.29, 0.717) is 26.1 Å². The standard InChI is InChI=1S/C41H51N5O10S/c1-29(47)11-10-21-54-23-24-55-22-19-42-40(49)37(28-57(51,52)53)43-39(48)18-20-46-31(25-30-12-4-9-17-38(30)46)26-44(2)45(3)41(50)56-27-36-34-15-7-5-13-32(34)33-14-6-8-16-35(33)36/h4-9,12-17,25,36-37H,10-11,18-24,26-28H2,1-3H3,(H,42,49)(H,43,48)(H,51,52,53)/t37-/m0/s1. The highest BCUT2D eigenvalue weighted by atomic mass is 32.2. The van der Waals surface area contributed by atoms with Crippen LogP contribution in [0.4, 0.5) is 4.79 Å². The molecule has 0 aliphatic heterocycles. The van der Waals surface area contributed by atoms with Crippen LogP contribution in [0.3, 0.4) is 0 Å². The number of benzene rings is 3. The molecule has 57 heavy (non-hydrogen) atoms. The maximum Gasteiger partial charge on any atom is 0.424 e. The Balaban J connectivity index is 1.14. The fourth-order valence-corrected chi connectivity index (χ4v) is 7.47. The van der Waals surface area contributed by atoms with Gasteiger partial charge in [-0.05, 0) is 53.1 Å². The number of fused-ring (bicyclic) bond motifs is 4. The smallest absolute Gasteiger partial charge is 0.424 e. The van der Waals surface area contributed by atoms with E-state index in [4.69, 9.17) is 14.2 Å². The average Bonchev–Trinajstić information content (AvgIpc) is 3.69. The second-order valence-corrected chi connectivity index (χ2v) is 15.4. The SMILES string of the molecule is CC(=O)CCCOCCOCCNC(=O)[C@H](CS(=O)(=O)O)NC(=O)CCn1c(CN(C)N(C)C(=O)OCC2c3ccccc3-c3ccccc32)cc2ccccc21. The summed E-state index contributed by atoms with van der Waals surface area (Å²) >= 11 is 0. The molecule has 3 amide bonds. The molecule has 5 rings (SSSR count). The van der Waals surface area contributed by atoms with Crippen molar-refractivity contribution in [1.29, 1.82) is 0 Å². The highest BCUT2D eigenvalue weighted by Gasteiger charge is 2.30. The van der Waals surface area contributed by atoms with E-state index in [1.807, 2.05) is 59.2 Å². The van der Waals surface area contributed by atoms with Crippen molar-refractivity contribution < 1.29 is 46.4 Å². The summed E-state index contributed by atoms with van der Waals surface area (Å²) in [7, 11) is -1.24. The topological polar surface area (TPSA) is 186 Å². The molecule has 16 heteroatoms. The Morgan fingerprint density at radius 2 is 1.49 bits per heavy atom. The van der Waals surface area contributed by atoms with Crippen LogP contribution in [0.25, 0.3) is 22.0 Å². The van der Waals surface area contributed by atoms with Crippen LogP contribution in [0, 0.1) is 0 Å². The maximum atomic E-state index is 13.3. The van der Waals surface area contributed by atoms with Gasteiger partial charge >= 0.3 is 6.09 Å². The van der Waals surface area contributed by atoms with Gasteiger partial charge in [0.15, 0.2) is 0 Å². The highest BCUT2D eigenvalue weighted by Crippen LogP contribution is 2.44. The minimum Gasteiger partial charge on any atom is -0.447 e. The summed E-state index contributed by atoms with van der Waals surface area (Å²) < 4.78 is 51.6. The molecule has 0 radical (unpaired) electrons. The number of hydrogen-bond acceptors (Lipinski definition) is 10. The number of ketones is 1. The van der Waals surface area contributed by atoms with Gasteiger partial charge in [-0.1, -0.05) is 66.7 Å². The van der Waals surface area contributed by atoms with Crippen LogP contribution in [0.1, 0.15) is 48.9 Å². The Hall–Kier alpha value is -5.13. The van der Waals surface area contributed by atoms with E-state index >= 15 is 0 Å². The number of aromatic nitrogens is 1. The third kappa shape index (κ3) is 12.2. The van der Waals surface area contributed by atoms with Crippen LogP contribution in [0.15, 0.2) is 78.9 Å². The zero-order chi connectivity index (χ0) is 41.0. The number of rotatable bonds is 22. The molecule has 306 valence electrons. The summed E-state index contributed by atoms with van der Waals surface area (Å²) in [4.78, 5) is 50.4. The highest BCUT2D eigenvalue weighted by molar-refractivity contribution is 7.85. The number of nitrogens with one attached hydrogen (secondary N) is 2. The van der Waals surface area contributed by atoms with Crippen LogP contribution >= 0.6 is 0 Å². The molecule has 0 spiro atoms. The summed E-state index contributed by atoms with van der Waals surface area (Å²) in [6.07, 6.45) is 0.419. The minimum atomic E-state index is -4.63. The van der Waals surface area contributed by atoms with E-state index in [-0.39, 0.29) is 57.6 Å². The number of ether oxygens (including phenoxy) is 3. The maximum absolute atomic E-state index is 13.3. The summed E-state index contributed by atoms with van der Waals surface area (Å²) in [6, 6.07) is 24.3. The second kappa shape index (κ2) is 20.3. The van der Waals surface area contributed by atoms with Crippen molar-refractivity contribution in [3.63, 3.8) is 0 Å². The number of Topliss-reactive ketones (excluding diaryl/α,β-unsaturated/α-hetero) is 1. The predicted molar refractivity (Wildman–Crippen MR) is 214 cm³/mol. The van der Waals surface area contributed by atoms with Gasteiger partial charge in [-0.25, -0.2) is 14.8 Å². The van der Waals surface area contributed by atoms with Crippen LogP contribution in [0.5, 0.6) is 0 Å². The molecule has 4 aromatic rings. The average molecular weight is 806 g/mol. The number of carbonyl (C=O) groups excluding carboxylic acids is 4. The summed E-state index contributed by atoms with van der Waals surface area (Å²) in [5.74, 6) is -2.40. The molecule has 1 heterocycles. The zero-order valence-corrected chi connectivity index (χ0v) is 33.3. The van der Waals surface area contributed by atoms with Crippen molar-refractivity contribution in [2.45, 2.75) is 51.2 Å². The Bertz CT molecular complexity index is 2090. The Morgan fingerprint density at radius 3 is 2.16 bits per heavy atom. The fourth-order valence-electron chi connectivity index (χ4n) is 6.82. The lowest BCUT2D eigenvalue weighted by atomic mass is 9.98. The first kappa shape index (κ1) is 43.0. The van der Waals surface area contributed by atoms with Gasteiger partial charge in [0.2, 0.25) is 11.8 Å². The van der Waals surface area contributed by atoms with E-state index < -0.39 is 39.8 Å². The predicted octanol–water partition coefficient (Wildman–Crippen LogP) is 4.15. The van der Waals surface area contributed by atoms with Crippen LogP contribution in [-0.2, 0) is 51.8 Å².